The molecule has 0 aliphatic heterocycles. The Balaban J connectivity index is 1.70. The second kappa shape index (κ2) is 8.29. The topological polar surface area (TPSA) is 63.2 Å². The summed E-state index contributed by atoms with van der Waals surface area (Å²) in [6, 6.07) is 4.77. The molecule has 0 aromatic carbocycles. The number of ether oxygens (including phenoxy) is 1. The molecule has 1 heterocycles. The summed E-state index contributed by atoms with van der Waals surface area (Å²) in [5, 5.41) is 6.61. The van der Waals surface area contributed by atoms with Crippen molar-refractivity contribution in [3.05, 3.63) is 30.1 Å². The van der Waals surface area contributed by atoms with Crippen LogP contribution in [0.15, 0.2) is 24.5 Å². The van der Waals surface area contributed by atoms with Crippen LogP contribution < -0.4 is 10.6 Å². The van der Waals surface area contributed by atoms with Crippen molar-refractivity contribution < 1.29 is 9.53 Å². The quantitative estimate of drug-likeness (QED) is 0.875. The molecule has 1 aliphatic carbocycles. The molecule has 1 saturated carbocycles. The lowest BCUT2D eigenvalue weighted by atomic mass is 9.91. The van der Waals surface area contributed by atoms with Gasteiger partial charge >= 0.3 is 6.09 Å². The van der Waals surface area contributed by atoms with E-state index in [0.717, 1.165) is 32.2 Å². The molecule has 2 N–H and O–H groups in total. The van der Waals surface area contributed by atoms with Gasteiger partial charge in [0.1, 0.15) is 5.60 Å². The van der Waals surface area contributed by atoms with E-state index in [2.05, 4.69) is 27.8 Å². The number of hydrogen-bond acceptors (Lipinski definition) is 4. The van der Waals surface area contributed by atoms with Gasteiger partial charge in [-0.15, -0.1) is 0 Å². The summed E-state index contributed by atoms with van der Waals surface area (Å²) in [6.45, 7) is 6.61. The van der Waals surface area contributed by atoms with Gasteiger partial charge in [0.15, 0.2) is 0 Å². The van der Waals surface area contributed by atoms with Crippen molar-refractivity contribution in [2.75, 3.05) is 6.54 Å². The molecular weight excluding hydrogens is 290 g/mol. The van der Waals surface area contributed by atoms with Crippen LogP contribution in [0, 0.1) is 0 Å². The van der Waals surface area contributed by atoms with Crippen LogP contribution in [-0.4, -0.2) is 35.3 Å². The van der Waals surface area contributed by atoms with Gasteiger partial charge < -0.3 is 15.4 Å². The summed E-state index contributed by atoms with van der Waals surface area (Å²) in [7, 11) is 0. The van der Waals surface area contributed by atoms with Crippen LogP contribution in [-0.2, 0) is 11.2 Å². The third kappa shape index (κ3) is 6.99. The Kier molecular flexibility index (Phi) is 6.39. The maximum Gasteiger partial charge on any atom is 0.407 e. The number of carbonyl (C=O) groups excluding carboxylic acids is 1. The summed E-state index contributed by atoms with van der Waals surface area (Å²) >= 11 is 0. The molecule has 2 rings (SSSR count). The molecule has 1 fully saturated rings. The summed E-state index contributed by atoms with van der Waals surface area (Å²) < 4.78 is 5.34. The van der Waals surface area contributed by atoms with E-state index in [1.165, 1.54) is 12.0 Å². The Morgan fingerprint density at radius 2 is 1.96 bits per heavy atom. The first-order valence-electron chi connectivity index (χ1n) is 8.54. The molecule has 1 amide bonds. The Hall–Kier alpha value is -1.62. The second-order valence-electron chi connectivity index (χ2n) is 7.27. The molecular formula is C18H29N3O2. The van der Waals surface area contributed by atoms with E-state index >= 15 is 0 Å². The van der Waals surface area contributed by atoms with Gasteiger partial charge in [0, 0.05) is 24.5 Å². The zero-order valence-corrected chi connectivity index (χ0v) is 14.5. The van der Waals surface area contributed by atoms with Crippen molar-refractivity contribution in [3.8, 4) is 0 Å². The van der Waals surface area contributed by atoms with Crippen LogP contribution in [0.5, 0.6) is 0 Å². The van der Waals surface area contributed by atoms with Gasteiger partial charge in [0.25, 0.3) is 0 Å². The highest BCUT2D eigenvalue weighted by atomic mass is 16.6. The van der Waals surface area contributed by atoms with E-state index in [1.807, 2.05) is 33.2 Å². The molecule has 1 aliphatic rings. The second-order valence-corrected chi connectivity index (χ2v) is 7.27. The molecule has 0 saturated heterocycles. The average Bonchev–Trinajstić information content (AvgIpc) is 2.46. The van der Waals surface area contributed by atoms with E-state index in [0.29, 0.717) is 6.04 Å². The molecule has 1 aromatic rings. The number of aromatic nitrogens is 1. The highest BCUT2D eigenvalue weighted by molar-refractivity contribution is 5.68. The first-order valence-corrected chi connectivity index (χ1v) is 8.54. The fraction of sp³-hybridized carbons (Fsp3) is 0.667. The summed E-state index contributed by atoms with van der Waals surface area (Å²) in [6.07, 6.45) is 8.66. The molecule has 2 unspecified atom stereocenters. The lowest BCUT2D eigenvalue weighted by Gasteiger charge is -2.31. The molecule has 23 heavy (non-hydrogen) atoms. The number of rotatable bonds is 5. The van der Waals surface area contributed by atoms with E-state index in [9.17, 15) is 4.79 Å². The number of alkyl carbamates (subject to hydrolysis) is 1. The lowest BCUT2D eigenvalue weighted by molar-refractivity contribution is 0.0489. The van der Waals surface area contributed by atoms with E-state index in [4.69, 9.17) is 4.74 Å². The van der Waals surface area contributed by atoms with Gasteiger partial charge in [0.05, 0.1) is 0 Å². The first kappa shape index (κ1) is 17.7. The molecule has 0 spiro atoms. The van der Waals surface area contributed by atoms with Crippen molar-refractivity contribution >= 4 is 6.09 Å². The number of amides is 1. The van der Waals surface area contributed by atoms with E-state index in [-0.39, 0.29) is 12.1 Å². The van der Waals surface area contributed by atoms with Gasteiger partial charge in [-0.25, -0.2) is 4.79 Å². The van der Waals surface area contributed by atoms with Crippen LogP contribution in [0.3, 0.4) is 0 Å². The van der Waals surface area contributed by atoms with Gasteiger partial charge in [-0.05, 0) is 77.1 Å². The highest BCUT2D eigenvalue weighted by Gasteiger charge is 2.25. The number of carbonyl (C=O) groups is 1. The van der Waals surface area contributed by atoms with Crippen LogP contribution in [0.25, 0.3) is 0 Å². The smallest absolute Gasteiger partial charge is 0.407 e. The van der Waals surface area contributed by atoms with E-state index in [1.54, 1.807) is 0 Å². The predicted molar refractivity (Wildman–Crippen MR) is 91.4 cm³/mol. The summed E-state index contributed by atoms with van der Waals surface area (Å²) in [5.74, 6) is 0. The molecule has 0 radical (unpaired) electrons. The average molecular weight is 319 g/mol. The van der Waals surface area contributed by atoms with Gasteiger partial charge in [-0.2, -0.15) is 0 Å². The minimum absolute atomic E-state index is 0.206. The molecule has 1 aromatic heterocycles. The number of pyridine rings is 1. The third-order valence-corrected chi connectivity index (χ3v) is 3.99. The lowest BCUT2D eigenvalue weighted by Crippen LogP contribution is -2.46. The fourth-order valence-corrected chi connectivity index (χ4v) is 2.95. The van der Waals surface area contributed by atoms with Crippen molar-refractivity contribution in [3.63, 3.8) is 0 Å². The fourth-order valence-electron chi connectivity index (χ4n) is 2.95. The molecule has 5 nitrogen and oxygen atoms in total. The monoisotopic (exact) mass is 319 g/mol. The SMILES string of the molecule is CC(C)(C)OC(=O)NC1CCCC(NCCc2ccncc2)C1. The maximum absolute atomic E-state index is 11.9. The minimum Gasteiger partial charge on any atom is -0.444 e. The zero-order valence-electron chi connectivity index (χ0n) is 14.5. The molecule has 128 valence electrons. The van der Waals surface area contributed by atoms with Crippen molar-refractivity contribution in [1.82, 2.24) is 15.6 Å². The zero-order chi connectivity index (χ0) is 16.7. The number of hydrogen-bond donors (Lipinski definition) is 2. The van der Waals surface area contributed by atoms with Gasteiger partial charge in [-0.1, -0.05) is 0 Å². The van der Waals surface area contributed by atoms with Crippen molar-refractivity contribution in [2.45, 2.75) is 70.6 Å². The number of nitrogens with one attached hydrogen (secondary N) is 2. The highest BCUT2D eigenvalue weighted by Crippen LogP contribution is 2.19. The summed E-state index contributed by atoms with van der Waals surface area (Å²) in [4.78, 5) is 15.9. The maximum atomic E-state index is 11.9. The standard InChI is InChI=1S/C18H29N3O2/c1-18(2,3)23-17(22)21-16-6-4-5-15(13-16)20-12-9-14-7-10-19-11-8-14/h7-8,10-11,15-16,20H,4-6,9,12-13H2,1-3H3,(H,21,22). The van der Waals surface area contributed by atoms with Crippen molar-refractivity contribution in [2.24, 2.45) is 0 Å². The summed E-state index contributed by atoms with van der Waals surface area (Å²) in [5.41, 5.74) is 0.854. The Morgan fingerprint density at radius 1 is 1.26 bits per heavy atom. The third-order valence-electron chi connectivity index (χ3n) is 3.99. The van der Waals surface area contributed by atoms with Gasteiger partial charge in [-0.3, -0.25) is 4.98 Å². The molecule has 5 heteroatoms. The Morgan fingerprint density at radius 3 is 2.65 bits per heavy atom. The Labute approximate surface area is 139 Å². The molecule has 0 bridgehead atoms. The van der Waals surface area contributed by atoms with Crippen molar-refractivity contribution in [1.29, 1.82) is 0 Å². The van der Waals surface area contributed by atoms with Crippen LogP contribution in [0.4, 0.5) is 4.79 Å². The Bertz CT molecular complexity index is 485. The van der Waals surface area contributed by atoms with Gasteiger partial charge in [0.2, 0.25) is 0 Å². The van der Waals surface area contributed by atoms with Crippen LogP contribution in [0.1, 0.15) is 52.0 Å². The largest absolute Gasteiger partial charge is 0.444 e. The molecule has 2 atom stereocenters. The first-order chi connectivity index (χ1) is 10.9. The predicted octanol–water partition coefficient (Wildman–Crippen LogP) is 3.05. The van der Waals surface area contributed by atoms with E-state index < -0.39 is 5.60 Å². The van der Waals surface area contributed by atoms with Crippen LogP contribution in [0.2, 0.25) is 0 Å². The normalized spacial score (nSPS) is 21.7. The number of nitrogens with zero attached hydrogens (tertiary/aromatic N) is 1. The minimum atomic E-state index is -0.444. The van der Waals surface area contributed by atoms with Crippen LogP contribution >= 0.6 is 0 Å².